The van der Waals surface area contributed by atoms with Crippen LogP contribution in [0.1, 0.15) is 24.5 Å². The summed E-state index contributed by atoms with van der Waals surface area (Å²) in [5.74, 6) is -0.326. The van der Waals surface area contributed by atoms with E-state index in [1.807, 2.05) is 0 Å². The molecular weight excluding hydrogens is 232 g/mol. The molecule has 1 spiro atoms. The minimum atomic E-state index is -0.326. The van der Waals surface area contributed by atoms with E-state index in [0.29, 0.717) is 0 Å². The lowest BCUT2D eigenvalue weighted by molar-refractivity contribution is -0.173. The minimum absolute atomic E-state index is 0.238. The summed E-state index contributed by atoms with van der Waals surface area (Å²) in [5.41, 5.74) is 2.86. The number of benzene rings is 1. The second kappa shape index (κ2) is 4.30. The van der Waals surface area contributed by atoms with E-state index in [2.05, 4.69) is 31.4 Å². The van der Waals surface area contributed by atoms with Gasteiger partial charge in [-0.25, -0.2) is 0 Å². The Kier molecular flexibility index (Phi) is 2.93. The highest BCUT2D eigenvalue weighted by atomic mass is 32.2. The van der Waals surface area contributed by atoms with Crippen molar-refractivity contribution >= 4 is 11.8 Å². The molecule has 2 atom stereocenters. The lowest BCUT2D eigenvalue weighted by atomic mass is 9.87. The zero-order valence-corrected chi connectivity index (χ0v) is 11.2. The number of hydrogen-bond donors (Lipinski definition) is 0. The number of rotatable bonds is 1. The number of ether oxygens (including phenoxy) is 2. The van der Waals surface area contributed by atoms with Gasteiger partial charge in [-0.3, -0.25) is 0 Å². The molecule has 2 unspecified atom stereocenters. The van der Waals surface area contributed by atoms with Gasteiger partial charge in [0.05, 0.1) is 12.7 Å². The highest BCUT2D eigenvalue weighted by molar-refractivity contribution is 7.98. The molecule has 2 aliphatic rings. The topological polar surface area (TPSA) is 18.5 Å². The van der Waals surface area contributed by atoms with Gasteiger partial charge in [-0.05, 0) is 42.9 Å². The van der Waals surface area contributed by atoms with E-state index >= 15 is 0 Å². The van der Waals surface area contributed by atoms with Crippen molar-refractivity contribution in [1.29, 1.82) is 0 Å². The molecule has 0 saturated carbocycles. The quantitative estimate of drug-likeness (QED) is 0.714. The maximum atomic E-state index is 5.98. The Hall–Kier alpha value is -0.510. The van der Waals surface area contributed by atoms with Crippen LogP contribution in [0.3, 0.4) is 0 Å². The number of hydrogen-bond acceptors (Lipinski definition) is 3. The van der Waals surface area contributed by atoms with E-state index in [1.54, 1.807) is 11.8 Å². The van der Waals surface area contributed by atoms with Gasteiger partial charge in [0.1, 0.15) is 0 Å². The largest absolute Gasteiger partial charge is 0.347 e. The summed E-state index contributed by atoms with van der Waals surface area (Å²) >= 11 is 1.80. The predicted molar refractivity (Wildman–Crippen MR) is 69.5 cm³/mol. The minimum Gasteiger partial charge on any atom is -0.347 e. The van der Waals surface area contributed by atoms with Crippen LogP contribution in [-0.2, 0) is 22.3 Å². The van der Waals surface area contributed by atoms with Crippen LogP contribution in [0.25, 0.3) is 0 Å². The second-order valence-electron chi connectivity index (χ2n) is 4.96. The Labute approximate surface area is 107 Å². The van der Waals surface area contributed by atoms with Crippen LogP contribution in [0.15, 0.2) is 23.1 Å². The fraction of sp³-hybridized carbons (Fsp3) is 0.571. The first kappa shape index (κ1) is 11.6. The highest BCUT2D eigenvalue weighted by Crippen LogP contribution is 2.38. The monoisotopic (exact) mass is 250 g/mol. The molecular formula is C14H18O2S. The van der Waals surface area contributed by atoms with E-state index < -0.39 is 0 Å². The molecule has 1 saturated heterocycles. The third-order valence-corrected chi connectivity index (χ3v) is 4.37. The molecule has 1 heterocycles. The third kappa shape index (κ3) is 2.12. The van der Waals surface area contributed by atoms with Crippen LogP contribution in [0.2, 0.25) is 0 Å². The van der Waals surface area contributed by atoms with Crippen molar-refractivity contribution < 1.29 is 9.47 Å². The number of aryl methyl sites for hydroxylation is 1. The maximum Gasteiger partial charge on any atom is 0.173 e. The normalized spacial score (nSPS) is 31.8. The van der Waals surface area contributed by atoms with E-state index in [9.17, 15) is 0 Å². The Morgan fingerprint density at radius 1 is 1.35 bits per heavy atom. The molecule has 2 nitrogen and oxygen atoms in total. The fourth-order valence-corrected chi connectivity index (χ4v) is 3.23. The smallest absolute Gasteiger partial charge is 0.173 e. The standard InChI is InChI=1S/C14H18O2S/c1-10-9-15-14(16-10)6-5-11-7-13(17-2)4-3-12(11)8-14/h3-4,7,10H,5-6,8-9H2,1-2H3. The van der Waals surface area contributed by atoms with Crippen LogP contribution in [0.5, 0.6) is 0 Å². The van der Waals surface area contributed by atoms with E-state index in [1.165, 1.54) is 16.0 Å². The first-order chi connectivity index (χ1) is 8.21. The summed E-state index contributed by atoms with van der Waals surface area (Å²) in [5, 5.41) is 0. The average Bonchev–Trinajstić information content (AvgIpc) is 2.70. The molecule has 1 aliphatic heterocycles. The lowest BCUT2D eigenvalue weighted by Gasteiger charge is -2.33. The van der Waals surface area contributed by atoms with Gasteiger partial charge in [0, 0.05) is 17.7 Å². The van der Waals surface area contributed by atoms with Crippen molar-refractivity contribution in [1.82, 2.24) is 0 Å². The molecule has 1 aliphatic carbocycles. The SMILES string of the molecule is CSc1ccc2c(c1)CCC1(C2)OCC(C)O1. The molecule has 0 amide bonds. The molecule has 92 valence electrons. The molecule has 3 rings (SSSR count). The average molecular weight is 250 g/mol. The second-order valence-corrected chi connectivity index (χ2v) is 5.84. The van der Waals surface area contributed by atoms with Gasteiger partial charge >= 0.3 is 0 Å². The first-order valence-electron chi connectivity index (χ1n) is 6.18. The summed E-state index contributed by atoms with van der Waals surface area (Å²) in [6, 6.07) is 6.74. The van der Waals surface area contributed by atoms with Crippen molar-refractivity contribution in [2.45, 2.75) is 43.0 Å². The summed E-state index contributed by atoms with van der Waals surface area (Å²) in [4.78, 5) is 1.35. The molecule has 0 aromatic heterocycles. The third-order valence-electron chi connectivity index (χ3n) is 3.65. The zero-order valence-electron chi connectivity index (χ0n) is 10.4. The zero-order chi connectivity index (χ0) is 11.9. The van der Waals surface area contributed by atoms with E-state index in [4.69, 9.17) is 9.47 Å². The van der Waals surface area contributed by atoms with Crippen LogP contribution in [0, 0.1) is 0 Å². The summed E-state index contributed by atoms with van der Waals surface area (Å²) in [7, 11) is 0. The summed E-state index contributed by atoms with van der Waals surface area (Å²) in [6.45, 7) is 2.82. The maximum absolute atomic E-state index is 5.98. The van der Waals surface area contributed by atoms with E-state index in [-0.39, 0.29) is 11.9 Å². The summed E-state index contributed by atoms with van der Waals surface area (Å²) < 4.78 is 11.9. The Morgan fingerprint density at radius 2 is 2.24 bits per heavy atom. The Morgan fingerprint density at radius 3 is 2.94 bits per heavy atom. The van der Waals surface area contributed by atoms with Crippen molar-refractivity contribution in [3.63, 3.8) is 0 Å². The van der Waals surface area contributed by atoms with Gasteiger partial charge in [0.2, 0.25) is 0 Å². The number of fused-ring (bicyclic) bond motifs is 1. The fourth-order valence-electron chi connectivity index (χ4n) is 2.77. The molecule has 1 fully saturated rings. The molecule has 0 bridgehead atoms. The van der Waals surface area contributed by atoms with Gasteiger partial charge in [-0.15, -0.1) is 11.8 Å². The molecule has 1 aromatic carbocycles. The summed E-state index contributed by atoms with van der Waals surface area (Å²) in [6.07, 6.45) is 5.32. The van der Waals surface area contributed by atoms with E-state index in [0.717, 1.165) is 25.9 Å². The number of thioether (sulfide) groups is 1. The highest BCUT2D eigenvalue weighted by Gasteiger charge is 2.42. The van der Waals surface area contributed by atoms with Gasteiger partial charge < -0.3 is 9.47 Å². The van der Waals surface area contributed by atoms with Crippen LogP contribution < -0.4 is 0 Å². The predicted octanol–water partition coefficient (Wildman–Crippen LogP) is 3.03. The van der Waals surface area contributed by atoms with Gasteiger partial charge in [-0.2, -0.15) is 0 Å². The Balaban J connectivity index is 1.86. The van der Waals surface area contributed by atoms with Gasteiger partial charge in [0.15, 0.2) is 5.79 Å². The van der Waals surface area contributed by atoms with Crippen LogP contribution in [0.4, 0.5) is 0 Å². The van der Waals surface area contributed by atoms with Crippen molar-refractivity contribution in [2.24, 2.45) is 0 Å². The molecule has 0 N–H and O–H groups in total. The van der Waals surface area contributed by atoms with Crippen molar-refractivity contribution in [3.8, 4) is 0 Å². The van der Waals surface area contributed by atoms with Crippen molar-refractivity contribution in [3.05, 3.63) is 29.3 Å². The molecule has 17 heavy (non-hydrogen) atoms. The van der Waals surface area contributed by atoms with Crippen molar-refractivity contribution in [2.75, 3.05) is 12.9 Å². The van der Waals surface area contributed by atoms with Crippen LogP contribution >= 0.6 is 11.8 Å². The van der Waals surface area contributed by atoms with Gasteiger partial charge in [0.25, 0.3) is 0 Å². The van der Waals surface area contributed by atoms with Gasteiger partial charge in [-0.1, -0.05) is 6.07 Å². The lowest BCUT2D eigenvalue weighted by Crippen LogP contribution is -2.37. The molecule has 0 radical (unpaired) electrons. The molecule has 3 heteroatoms. The molecule has 1 aromatic rings. The Bertz CT molecular complexity index is 432. The van der Waals surface area contributed by atoms with Crippen LogP contribution in [-0.4, -0.2) is 24.8 Å². The first-order valence-corrected chi connectivity index (χ1v) is 7.41.